The molecule has 12 aromatic rings. The van der Waals surface area contributed by atoms with Crippen LogP contribution in [0.5, 0.6) is 0 Å². The molecule has 0 amide bonds. The van der Waals surface area contributed by atoms with Crippen LogP contribution in [-0.2, 0) is 0 Å². The molecule has 4 heterocycles. The molecule has 12 rings (SSSR count). The van der Waals surface area contributed by atoms with E-state index in [1.165, 1.54) is 37.6 Å². The minimum Gasteiger partial charge on any atom is -0.309 e. The number of fused-ring (bicyclic) bond motifs is 9. The zero-order valence-corrected chi connectivity index (χ0v) is 31.5. The Balaban J connectivity index is 1.16. The van der Waals surface area contributed by atoms with Crippen molar-refractivity contribution in [1.82, 2.24) is 19.1 Å². The molecule has 266 valence electrons. The minimum atomic E-state index is 0.721. The topological polar surface area (TPSA) is 35.6 Å². The van der Waals surface area contributed by atoms with Crippen molar-refractivity contribution in [2.24, 2.45) is 0 Å². The lowest BCUT2D eigenvalue weighted by Crippen LogP contribution is -1.95. The van der Waals surface area contributed by atoms with Gasteiger partial charge in [0.15, 0.2) is 5.82 Å². The summed E-state index contributed by atoms with van der Waals surface area (Å²) in [5.41, 5.74) is 13.3. The molecule has 5 heteroatoms. The maximum atomic E-state index is 5.45. The van der Waals surface area contributed by atoms with Gasteiger partial charge in [0.2, 0.25) is 0 Å². The van der Waals surface area contributed by atoms with Crippen LogP contribution in [0.4, 0.5) is 0 Å². The van der Waals surface area contributed by atoms with Crippen LogP contribution in [0.25, 0.3) is 109 Å². The fraction of sp³-hybridized carbons (Fsp3) is 0. The Morgan fingerprint density at radius 2 is 1.02 bits per heavy atom. The molecule has 0 saturated heterocycles. The standard InChI is InChI=1S/C52H32N4S/c1-4-15-33(16-5-1)35-27-29-44-41(31-35)38-21-10-12-24-43(38)56(44)37-28-30-45-42(32-37)48-40(23-14-25-46(48)55(45)36-19-8-3-9-20-36)52-53-49(34-17-6-2-7-18-34)51-50(54-52)39-22-11-13-26-47(39)57-51/h1-32H. The number of hydrogen-bond acceptors (Lipinski definition) is 3. The number of nitrogens with zero attached hydrogens (tertiary/aromatic N) is 4. The summed E-state index contributed by atoms with van der Waals surface area (Å²) < 4.78 is 7.11. The lowest BCUT2D eigenvalue weighted by atomic mass is 10.0. The monoisotopic (exact) mass is 744 g/mol. The molecule has 8 aromatic carbocycles. The van der Waals surface area contributed by atoms with Gasteiger partial charge in [0.25, 0.3) is 0 Å². The zero-order chi connectivity index (χ0) is 37.5. The molecular weight excluding hydrogens is 713 g/mol. The Labute approximate surface area is 332 Å². The van der Waals surface area contributed by atoms with Gasteiger partial charge >= 0.3 is 0 Å². The van der Waals surface area contributed by atoms with E-state index in [1.807, 2.05) is 0 Å². The molecule has 0 atom stereocenters. The first-order chi connectivity index (χ1) is 28.3. The van der Waals surface area contributed by atoms with Crippen molar-refractivity contribution < 1.29 is 0 Å². The van der Waals surface area contributed by atoms with Crippen molar-refractivity contribution in [1.29, 1.82) is 0 Å². The molecule has 0 aliphatic rings. The van der Waals surface area contributed by atoms with Gasteiger partial charge < -0.3 is 9.13 Å². The van der Waals surface area contributed by atoms with E-state index in [9.17, 15) is 0 Å². The van der Waals surface area contributed by atoms with Crippen LogP contribution in [0.3, 0.4) is 0 Å². The van der Waals surface area contributed by atoms with Crippen LogP contribution in [-0.4, -0.2) is 19.1 Å². The van der Waals surface area contributed by atoms with Crippen LogP contribution in [0.15, 0.2) is 194 Å². The van der Waals surface area contributed by atoms with Gasteiger partial charge in [-0.1, -0.05) is 133 Å². The SMILES string of the molecule is c1ccc(-c2ccc3c(c2)c2ccccc2n3-c2ccc3c(c2)c2c(-c4nc(-c5ccccc5)c5sc6ccccc6c5n4)cccc2n3-c2ccccc2)cc1. The van der Waals surface area contributed by atoms with Crippen molar-refractivity contribution in [2.45, 2.75) is 0 Å². The molecule has 4 nitrogen and oxygen atoms in total. The molecule has 0 radical (unpaired) electrons. The largest absolute Gasteiger partial charge is 0.309 e. The smallest absolute Gasteiger partial charge is 0.161 e. The van der Waals surface area contributed by atoms with Crippen LogP contribution >= 0.6 is 11.3 Å². The van der Waals surface area contributed by atoms with Crippen LogP contribution in [0.1, 0.15) is 0 Å². The third-order valence-electron chi connectivity index (χ3n) is 11.3. The summed E-state index contributed by atoms with van der Waals surface area (Å²) in [6, 6.07) is 69.5. The Bertz CT molecular complexity index is 3510. The van der Waals surface area contributed by atoms with E-state index in [1.54, 1.807) is 11.3 Å². The molecule has 0 saturated carbocycles. The molecule has 0 fully saturated rings. The highest BCUT2D eigenvalue weighted by Crippen LogP contribution is 2.43. The molecule has 0 aliphatic carbocycles. The summed E-state index contributed by atoms with van der Waals surface area (Å²) in [5, 5.41) is 5.90. The lowest BCUT2D eigenvalue weighted by Gasteiger charge is -2.10. The quantitative estimate of drug-likeness (QED) is 0.176. The van der Waals surface area contributed by atoms with Gasteiger partial charge in [-0.15, -0.1) is 11.3 Å². The average Bonchev–Trinajstić information content (AvgIpc) is 3.94. The van der Waals surface area contributed by atoms with E-state index in [0.29, 0.717) is 0 Å². The van der Waals surface area contributed by atoms with Gasteiger partial charge in [0.05, 0.1) is 38.0 Å². The second-order valence-corrected chi connectivity index (χ2v) is 15.6. The van der Waals surface area contributed by atoms with E-state index in [0.717, 1.165) is 71.4 Å². The second kappa shape index (κ2) is 12.6. The maximum absolute atomic E-state index is 5.45. The second-order valence-electron chi connectivity index (χ2n) is 14.6. The van der Waals surface area contributed by atoms with E-state index < -0.39 is 0 Å². The molecule has 0 aliphatic heterocycles. The minimum absolute atomic E-state index is 0.721. The first kappa shape index (κ1) is 32.0. The lowest BCUT2D eigenvalue weighted by molar-refractivity contribution is 1.16. The number of benzene rings is 8. The van der Waals surface area contributed by atoms with Crippen LogP contribution < -0.4 is 0 Å². The third kappa shape index (κ3) is 4.93. The number of aromatic nitrogens is 4. The fourth-order valence-electron chi connectivity index (χ4n) is 8.80. The molecule has 57 heavy (non-hydrogen) atoms. The predicted molar refractivity (Wildman–Crippen MR) is 240 cm³/mol. The average molecular weight is 745 g/mol. The van der Waals surface area contributed by atoms with Gasteiger partial charge in [0.1, 0.15) is 0 Å². The fourth-order valence-corrected chi connectivity index (χ4v) is 9.96. The summed E-state index contributed by atoms with van der Waals surface area (Å²) in [5.74, 6) is 0.721. The summed E-state index contributed by atoms with van der Waals surface area (Å²) >= 11 is 1.76. The summed E-state index contributed by atoms with van der Waals surface area (Å²) in [7, 11) is 0. The number of hydrogen-bond donors (Lipinski definition) is 0. The van der Waals surface area contributed by atoms with Gasteiger partial charge in [-0.05, 0) is 71.8 Å². The van der Waals surface area contributed by atoms with Crippen LogP contribution in [0.2, 0.25) is 0 Å². The molecule has 0 spiro atoms. The van der Waals surface area contributed by atoms with Gasteiger partial charge in [-0.25, -0.2) is 9.97 Å². The molecule has 0 bridgehead atoms. The van der Waals surface area contributed by atoms with Gasteiger partial charge in [-0.3, -0.25) is 0 Å². The van der Waals surface area contributed by atoms with Crippen molar-refractivity contribution in [3.8, 4) is 45.1 Å². The zero-order valence-electron chi connectivity index (χ0n) is 30.7. The van der Waals surface area contributed by atoms with Crippen LogP contribution in [0, 0.1) is 0 Å². The van der Waals surface area contributed by atoms with Crippen molar-refractivity contribution in [3.05, 3.63) is 194 Å². The summed E-state index contributed by atoms with van der Waals surface area (Å²) in [4.78, 5) is 10.9. The number of rotatable bonds is 5. The first-order valence-electron chi connectivity index (χ1n) is 19.3. The Kier molecular flexibility index (Phi) is 7.06. The molecule has 0 unspecified atom stereocenters. The van der Waals surface area contributed by atoms with Gasteiger partial charge in [0, 0.05) is 54.1 Å². The normalized spacial score (nSPS) is 11.9. The van der Waals surface area contributed by atoms with Crippen molar-refractivity contribution in [3.63, 3.8) is 0 Å². The predicted octanol–water partition coefficient (Wildman–Crippen LogP) is 14.0. The van der Waals surface area contributed by atoms with Gasteiger partial charge in [-0.2, -0.15) is 0 Å². The first-order valence-corrected chi connectivity index (χ1v) is 20.1. The number of thiophene rings is 1. The summed E-state index contributed by atoms with van der Waals surface area (Å²) in [6.07, 6.45) is 0. The molecule has 0 N–H and O–H groups in total. The number of para-hydroxylation sites is 2. The maximum Gasteiger partial charge on any atom is 0.161 e. The van der Waals surface area contributed by atoms with Crippen molar-refractivity contribution in [2.75, 3.05) is 0 Å². The van der Waals surface area contributed by atoms with Crippen molar-refractivity contribution >= 4 is 75.3 Å². The van der Waals surface area contributed by atoms with E-state index >= 15 is 0 Å². The Hall–Kier alpha value is -7.34. The summed E-state index contributed by atoms with van der Waals surface area (Å²) in [6.45, 7) is 0. The van der Waals surface area contributed by atoms with E-state index in [-0.39, 0.29) is 0 Å². The molecular formula is C52H32N4S. The van der Waals surface area contributed by atoms with E-state index in [2.05, 4.69) is 203 Å². The highest BCUT2D eigenvalue weighted by atomic mass is 32.1. The Morgan fingerprint density at radius 1 is 0.386 bits per heavy atom. The van der Waals surface area contributed by atoms with E-state index in [4.69, 9.17) is 9.97 Å². The third-order valence-corrected chi connectivity index (χ3v) is 12.5. The molecule has 4 aromatic heterocycles. The Morgan fingerprint density at radius 3 is 1.84 bits per heavy atom. The highest BCUT2D eigenvalue weighted by Gasteiger charge is 2.22. The highest BCUT2D eigenvalue weighted by molar-refractivity contribution is 7.26.